The molecule has 1 amide bonds. The fourth-order valence-electron chi connectivity index (χ4n) is 3.00. The summed E-state index contributed by atoms with van der Waals surface area (Å²) >= 11 is 3.48. The number of halogens is 1. The average molecular weight is 398 g/mol. The van der Waals surface area contributed by atoms with Gasteiger partial charge in [-0.15, -0.1) is 0 Å². The molecule has 1 saturated carbocycles. The van der Waals surface area contributed by atoms with Crippen molar-refractivity contribution in [3.05, 3.63) is 70.8 Å². The molecule has 7 heteroatoms. The Balaban J connectivity index is 1.41. The molecule has 1 aliphatic rings. The zero-order chi connectivity index (χ0) is 17.2. The molecule has 0 radical (unpaired) electrons. The van der Waals surface area contributed by atoms with Crippen molar-refractivity contribution < 1.29 is 4.79 Å². The SMILES string of the molecule is O=C(NCc1cccnc1-n1cncn1)C1CC1c1cccc(Br)c1. The highest BCUT2D eigenvalue weighted by Gasteiger charge is 2.43. The average Bonchev–Trinajstić information content (AvgIpc) is 3.25. The van der Waals surface area contributed by atoms with E-state index in [1.54, 1.807) is 17.2 Å². The van der Waals surface area contributed by atoms with Crippen LogP contribution in [-0.4, -0.2) is 25.7 Å². The Bertz CT molecular complexity index is 896. The van der Waals surface area contributed by atoms with Crippen LogP contribution in [-0.2, 0) is 11.3 Å². The number of carbonyl (C=O) groups is 1. The van der Waals surface area contributed by atoms with Gasteiger partial charge in [-0.25, -0.2) is 14.6 Å². The molecule has 1 aromatic carbocycles. The first-order chi connectivity index (χ1) is 12.2. The summed E-state index contributed by atoms with van der Waals surface area (Å²) in [5, 5.41) is 7.13. The quantitative estimate of drug-likeness (QED) is 0.718. The van der Waals surface area contributed by atoms with E-state index in [4.69, 9.17) is 0 Å². The van der Waals surface area contributed by atoms with Gasteiger partial charge < -0.3 is 5.32 Å². The molecule has 6 nitrogen and oxygen atoms in total. The molecule has 1 N–H and O–H groups in total. The lowest BCUT2D eigenvalue weighted by atomic mass is 10.1. The molecule has 126 valence electrons. The van der Waals surface area contributed by atoms with E-state index in [1.807, 2.05) is 24.3 Å². The third-order valence-corrected chi connectivity index (χ3v) is 4.85. The predicted octanol–water partition coefficient (Wildman–Crippen LogP) is 2.84. The molecule has 2 atom stereocenters. The van der Waals surface area contributed by atoms with Gasteiger partial charge in [0.1, 0.15) is 12.7 Å². The third-order valence-electron chi connectivity index (χ3n) is 4.36. The molecule has 0 spiro atoms. The summed E-state index contributed by atoms with van der Waals surface area (Å²) in [5.41, 5.74) is 2.11. The minimum atomic E-state index is 0.0424. The number of nitrogens with one attached hydrogen (secondary N) is 1. The standard InChI is InChI=1S/C18H16BrN5O/c19-14-5-1-3-12(7-14)15-8-16(15)18(25)22-9-13-4-2-6-21-17(13)24-11-20-10-23-24/h1-7,10-11,15-16H,8-9H2,(H,22,25). The topological polar surface area (TPSA) is 72.7 Å². The van der Waals surface area contributed by atoms with Crippen LogP contribution in [0.1, 0.15) is 23.5 Å². The van der Waals surface area contributed by atoms with Crippen molar-refractivity contribution in [1.29, 1.82) is 0 Å². The van der Waals surface area contributed by atoms with Crippen LogP contribution in [0.3, 0.4) is 0 Å². The number of rotatable bonds is 5. The number of carbonyl (C=O) groups excluding carboxylic acids is 1. The van der Waals surface area contributed by atoms with Gasteiger partial charge in [-0.05, 0) is 36.1 Å². The number of pyridine rings is 1. The molecular formula is C18H16BrN5O. The molecule has 25 heavy (non-hydrogen) atoms. The minimum absolute atomic E-state index is 0.0424. The molecule has 0 aliphatic heterocycles. The highest BCUT2D eigenvalue weighted by Crippen LogP contribution is 2.47. The van der Waals surface area contributed by atoms with Crippen molar-refractivity contribution in [2.24, 2.45) is 5.92 Å². The maximum absolute atomic E-state index is 12.5. The van der Waals surface area contributed by atoms with E-state index < -0.39 is 0 Å². The van der Waals surface area contributed by atoms with Crippen molar-refractivity contribution >= 4 is 21.8 Å². The van der Waals surface area contributed by atoms with Crippen molar-refractivity contribution in [2.45, 2.75) is 18.9 Å². The first kappa shape index (κ1) is 16.0. The zero-order valence-electron chi connectivity index (χ0n) is 13.3. The second-order valence-electron chi connectivity index (χ2n) is 6.05. The van der Waals surface area contributed by atoms with E-state index in [0.717, 1.165) is 16.5 Å². The summed E-state index contributed by atoms with van der Waals surface area (Å²) in [6.07, 6.45) is 5.65. The van der Waals surface area contributed by atoms with Crippen molar-refractivity contribution in [2.75, 3.05) is 0 Å². The van der Waals surface area contributed by atoms with E-state index in [-0.39, 0.29) is 11.8 Å². The Morgan fingerprint density at radius 2 is 2.24 bits per heavy atom. The van der Waals surface area contributed by atoms with Crippen LogP contribution in [0.5, 0.6) is 0 Å². The lowest BCUT2D eigenvalue weighted by Crippen LogP contribution is -2.25. The maximum Gasteiger partial charge on any atom is 0.224 e. The Hall–Kier alpha value is -2.54. The second-order valence-corrected chi connectivity index (χ2v) is 6.96. The van der Waals surface area contributed by atoms with Gasteiger partial charge in [-0.3, -0.25) is 4.79 Å². The normalized spacial score (nSPS) is 18.8. The van der Waals surface area contributed by atoms with Gasteiger partial charge in [0.05, 0.1) is 0 Å². The van der Waals surface area contributed by atoms with E-state index in [2.05, 4.69) is 48.4 Å². The Morgan fingerprint density at radius 3 is 3.04 bits per heavy atom. The summed E-state index contributed by atoms with van der Waals surface area (Å²) in [7, 11) is 0. The molecule has 2 unspecified atom stereocenters. The van der Waals surface area contributed by atoms with Gasteiger partial charge in [-0.1, -0.05) is 34.1 Å². The first-order valence-electron chi connectivity index (χ1n) is 8.04. The molecule has 0 saturated heterocycles. The highest BCUT2D eigenvalue weighted by atomic mass is 79.9. The molecule has 2 heterocycles. The lowest BCUT2D eigenvalue weighted by molar-refractivity contribution is -0.122. The number of nitrogens with zero attached hydrogens (tertiary/aromatic N) is 4. The van der Waals surface area contributed by atoms with Gasteiger partial charge in [0, 0.05) is 28.7 Å². The first-order valence-corrected chi connectivity index (χ1v) is 8.84. The van der Waals surface area contributed by atoms with Crippen molar-refractivity contribution in [3.63, 3.8) is 0 Å². The summed E-state index contributed by atoms with van der Waals surface area (Å²) in [5.74, 6) is 1.11. The molecule has 0 bridgehead atoms. The van der Waals surface area contributed by atoms with Gasteiger partial charge in [0.15, 0.2) is 5.82 Å². The van der Waals surface area contributed by atoms with Gasteiger partial charge >= 0.3 is 0 Å². The number of benzene rings is 1. The van der Waals surface area contributed by atoms with Crippen LogP contribution in [0.4, 0.5) is 0 Å². The smallest absolute Gasteiger partial charge is 0.224 e. The van der Waals surface area contributed by atoms with Crippen molar-refractivity contribution in [1.82, 2.24) is 25.1 Å². The summed E-state index contributed by atoms with van der Waals surface area (Å²) in [6, 6.07) is 11.9. The molecule has 2 aromatic heterocycles. The molecule has 1 aliphatic carbocycles. The Kier molecular flexibility index (Phi) is 4.31. The predicted molar refractivity (Wildman–Crippen MR) is 96.0 cm³/mol. The van der Waals surface area contributed by atoms with Crippen LogP contribution in [0.15, 0.2) is 59.7 Å². The molecule has 4 rings (SSSR count). The Morgan fingerprint density at radius 1 is 1.32 bits per heavy atom. The van der Waals surface area contributed by atoms with Crippen LogP contribution in [0.2, 0.25) is 0 Å². The number of amides is 1. The van der Waals surface area contributed by atoms with Crippen LogP contribution < -0.4 is 5.32 Å². The largest absolute Gasteiger partial charge is 0.352 e. The lowest BCUT2D eigenvalue weighted by Gasteiger charge is -2.09. The van der Waals surface area contributed by atoms with Gasteiger partial charge in [-0.2, -0.15) is 5.10 Å². The number of hydrogen-bond donors (Lipinski definition) is 1. The number of hydrogen-bond acceptors (Lipinski definition) is 4. The zero-order valence-corrected chi connectivity index (χ0v) is 14.9. The van der Waals surface area contributed by atoms with Crippen LogP contribution in [0, 0.1) is 5.92 Å². The van der Waals surface area contributed by atoms with Gasteiger partial charge in [0.25, 0.3) is 0 Å². The van der Waals surface area contributed by atoms with Crippen LogP contribution in [0.25, 0.3) is 5.82 Å². The molecule has 1 fully saturated rings. The van der Waals surface area contributed by atoms with E-state index in [1.165, 1.54) is 11.9 Å². The Labute approximate surface area is 153 Å². The number of aromatic nitrogens is 4. The fourth-order valence-corrected chi connectivity index (χ4v) is 3.41. The minimum Gasteiger partial charge on any atom is -0.352 e. The molecular weight excluding hydrogens is 382 g/mol. The fraction of sp³-hybridized carbons (Fsp3) is 0.222. The maximum atomic E-state index is 12.5. The van der Waals surface area contributed by atoms with E-state index in [9.17, 15) is 4.79 Å². The van der Waals surface area contributed by atoms with Crippen LogP contribution >= 0.6 is 15.9 Å². The third kappa shape index (κ3) is 3.46. The summed E-state index contributed by atoms with van der Waals surface area (Å²) < 4.78 is 2.65. The van der Waals surface area contributed by atoms with E-state index >= 15 is 0 Å². The highest BCUT2D eigenvalue weighted by molar-refractivity contribution is 9.10. The van der Waals surface area contributed by atoms with E-state index in [0.29, 0.717) is 18.3 Å². The summed E-state index contributed by atoms with van der Waals surface area (Å²) in [6.45, 7) is 0.420. The van der Waals surface area contributed by atoms with Crippen molar-refractivity contribution in [3.8, 4) is 5.82 Å². The summed E-state index contributed by atoms with van der Waals surface area (Å²) in [4.78, 5) is 20.7. The molecule has 3 aromatic rings. The monoisotopic (exact) mass is 397 g/mol. The second kappa shape index (κ2) is 6.76. The van der Waals surface area contributed by atoms with Gasteiger partial charge in [0.2, 0.25) is 5.91 Å².